The van der Waals surface area contributed by atoms with Crippen LogP contribution in [0.1, 0.15) is 43.4 Å². The van der Waals surface area contributed by atoms with Crippen LogP contribution in [-0.4, -0.2) is 22.5 Å². The Morgan fingerprint density at radius 2 is 1.92 bits per heavy atom. The fourth-order valence-corrected chi connectivity index (χ4v) is 3.85. The molecule has 0 radical (unpaired) electrons. The van der Waals surface area contributed by atoms with E-state index in [0.717, 1.165) is 48.9 Å². The highest BCUT2D eigenvalue weighted by Gasteiger charge is 2.31. The minimum Gasteiger partial charge on any atom is -0.356 e. The number of amides is 1. The van der Waals surface area contributed by atoms with Crippen LogP contribution < -0.4 is 0 Å². The topological polar surface area (TPSA) is 46.3 Å². The number of fused-ring (bicyclic) bond motifs is 1. The van der Waals surface area contributed by atoms with Gasteiger partial charge in [-0.2, -0.15) is 0 Å². The normalized spacial score (nSPS) is 18.5. The van der Waals surface area contributed by atoms with E-state index < -0.39 is 0 Å². The summed E-state index contributed by atoms with van der Waals surface area (Å²) >= 11 is 0. The van der Waals surface area contributed by atoms with E-state index in [-0.39, 0.29) is 17.6 Å². The maximum absolute atomic E-state index is 13.1. The summed E-state index contributed by atoms with van der Waals surface area (Å²) in [4.78, 5) is 14.6. The Hall–Kier alpha value is -2.17. The third-order valence-corrected chi connectivity index (χ3v) is 5.21. The molecule has 4 nitrogen and oxygen atoms in total. The number of carbonyl (C=O) groups excluding carboxylic acids is 1. The van der Waals surface area contributed by atoms with Crippen molar-refractivity contribution in [1.29, 1.82) is 0 Å². The van der Waals surface area contributed by atoms with E-state index in [1.165, 1.54) is 18.6 Å². The minimum atomic E-state index is -0.267. The zero-order valence-corrected chi connectivity index (χ0v) is 13.6. The molecule has 0 N–H and O–H groups in total. The summed E-state index contributed by atoms with van der Waals surface area (Å²) in [6.07, 6.45) is 6.34. The summed E-state index contributed by atoms with van der Waals surface area (Å²) < 4.78 is 18.6. The van der Waals surface area contributed by atoms with Crippen LogP contribution in [0.2, 0.25) is 0 Å². The molecule has 1 aliphatic heterocycles. The highest BCUT2D eigenvalue weighted by atomic mass is 19.1. The maximum atomic E-state index is 13.1. The SMILES string of the molecule is O=C(C1CCCCC1)N1CCc2c(noc2-c2ccc(F)cc2)C1. The molecule has 24 heavy (non-hydrogen) atoms. The molecule has 0 atom stereocenters. The van der Waals surface area contributed by atoms with E-state index in [9.17, 15) is 9.18 Å². The van der Waals surface area contributed by atoms with Crippen LogP contribution in [0.25, 0.3) is 11.3 Å². The third-order valence-electron chi connectivity index (χ3n) is 5.21. The Morgan fingerprint density at radius 1 is 1.17 bits per heavy atom. The van der Waals surface area contributed by atoms with Crippen molar-refractivity contribution in [2.45, 2.75) is 45.1 Å². The molecule has 1 fully saturated rings. The average Bonchev–Trinajstić information content (AvgIpc) is 3.05. The van der Waals surface area contributed by atoms with Crippen LogP contribution in [0.15, 0.2) is 28.8 Å². The number of benzene rings is 1. The van der Waals surface area contributed by atoms with Gasteiger partial charge in [0.15, 0.2) is 5.76 Å². The predicted molar refractivity (Wildman–Crippen MR) is 87.6 cm³/mol. The van der Waals surface area contributed by atoms with Crippen molar-refractivity contribution in [1.82, 2.24) is 10.1 Å². The van der Waals surface area contributed by atoms with Gasteiger partial charge in [-0.1, -0.05) is 24.4 Å². The van der Waals surface area contributed by atoms with Crippen LogP contribution in [0, 0.1) is 11.7 Å². The highest BCUT2D eigenvalue weighted by Crippen LogP contribution is 2.32. The van der Waals surface area contributed by atoms with Crippen LogP contribution in [-0.2, 0) is 17.8 Å². The van der Waals surface area contributed by atoms with Crippen LogP contribution >= 0.6 is 0 Å². The van der Waals surface area contributed by atoms with E-state index in [4.69, 9.17) is 4.52 Å². The molecule has 1 amide bonds. The first kappa shape index (κ1) is 15.4. The number of carbonyl (C=O) groups is 1. The smallest absolute Gasteiger partial charge is 0.226 e. The Labute approximate surface area is 140 Å². The van der Waals surface area contributed by atoms with E-state index >= 15 is 0 Å². The molecule has 5 heteroatoms. The summed E-state index contributed by atoms with van der Waals surface area (Å²) in [6.45, 7) is 1.23. The zero-order valence-electron chi connectivity index (χ0n) is 13.6. The quantitative estimate of drug-likeness (QED) is 0.839. The second-order valence-corrected chi connectivity index (χ2v) is 6.79. The number of hydrogen-bond acceptors (Lipinski definition) is 3. The van der Waals surface area contributed by atoms with Crippen molar-refractivity contribution in [3.05, 3.63) is 41.3 Å². The first-order valence-corrected chi connectivity index (χ1v) is 8.74. The van der Waals surface area contributed by atoms with Crippen molar-refractivity contribution < 1.29 is 13.7 Å². The molecule has 2 aliphatic rings. The lowest BCUT2D eigenvalue weighted by Crippen LogP contribution is -2.40. The van der Waals surface area contributed by atoms with Crippen LogP contribution in [0.3, 0.4) is 0 Å². The van der Waals surface area contributed by atoms with E-state index in [1.54, 1.807) is 12.1 Å². The van der Waals surface area contributed by atoms with Gasteiger partial charge in [-0.3, -0.25) is 4.79 Å². The Morgan fingerprint density at radius 3 is 2.67 bits per heavy atom. The molecule has 1 saturated carbocycles. The van der Waals surface area contributed by atoms with Gasteiger partial charge in [0.2, 0.25) is 5.91 Å². The van der Waals surface area contributed by atoms with Gasteiger partial charge in [0.05, 0.1) is 6.54 Å². The van der Waals surface area contributed by atoms with E-state index in [0.29, 0.717) is 18.8 Å². The van der Waals surface area contributed by atoms with Crippen molar-refractivity contribution in [3.8, 4) is 11.3 Å². The first-order valence-electron chi connectivity index (χ1n) is 8.74. The van der Waals surface area contributed by atoms with Crippen molar-refractivity contribution >= 4 is 5.91 Å². The van der Waals surface area contributed by atoms with Crippen molar-refractivity contribution in [2.24, 2.45) is 5.92 Å². The lowest BCUT2D eigenvalue weighted by Gasteiger charge is -2.31. The average molecular weight is 328 g/mol. The van der Waals surface area contributed by atoms with Crippen LogP contribution in [0.4, 0.5) is 4.39 Å². The zero-order chi connectivity index (χ0) is 16.5. The molecule has 2 aromatic rings. The molecule has 2 heterocycles. The summed E-state index contributed by atoms with van der Waals surface area (Å²) in [6, 6.07) is 6.25. The largest absolute Gasteiger partial charge is 0.356 e. The molecular formula is C19H21FN2O2. The lowest BCUT2D eigenvalue weighted by atomic mass is 9.87. The molecule has 0 bridgehead atoms. The molecule has 0 saturated heterocycles. The van der Waals surface area contributed by atoms with Gasteiger partial charge in [0.1, 0.15) is 11.5 Å². The summed E-state index contributed by atoms with van der Waals surface area (Å²) in [7, 11) is 0. The Bertz CT molecular complexity index is 732. The maximum Gasteiger partial charge on any atom is 0.226 e. The Balaban J connectivity index is 1.52. The standard InChI is InChI=1S/C19H21FN2O2/c20-15-8-6-13(7-9-15)18-16-10-11-22(12-17(16)21-24-18)19(23)14-4-2-1-3-5-14/h6-9,14H,1-5,10-12H2. The van der Waals surface area contributed by atoms with Gasteiger partial charge in [-0.25, -0.2) is 4.39 Å². The number of rotatable bonds is 2. The van der Waals surface area contributed by atoms with Crippen molar-refractivity contribution in [2.75, 3.05) is 6.54 Å². The molecule has 1 aliphatic carbocycles. The second kappa shape index (κ2) is 6.38. The molecule has 0 unspecified atom stereocenters. The second-order valence-electron chi connectivity index (χ2n) is 6.79. The van der Waals surface area contributed by atoms with Gasteiger partial charge in [0.25, 0.3) is 0 Å². The van der Waals surface area contributed by atoms with E-state index in [2.05, 4.69) is 5.16 Å². The molecule has 4 rings (SSSR count). The monoisotopic (exact) mass is 328 g/mol. The summed E-state index contributed by atoms with van der Waals surface area (Å²) in [5.74, 6) is 0.890. The number of halogens is 1. The highest BCUT2D eigenvalue weighted by molar-refractivity contribution is 5.79. The van der Waals surface area contributed by atoms with Gasteiger partial charge in [0, 0.05) is 23.6 Å². The number of aromatic nitrogens is 1. The van der Waals surface area contributed by atoms with Gasteiger partial charge in [-0.15, -0.1) is 0 Å². The molecule has 126 valence electrons. The number of nitrogens with zero attached hydrogens (tertiary/aromatic N) is 2. The van der Waals surface area contributed by atoms with E-state index in [1.807, 2.05) is 4.90 Å². The molecule has 1 aromatic heterocycles. The number of hydrogen-bond donors (Lipinski definition) is 0. The third kappa shape index (κ3) is 2.83. The molecule has 0 spiro atoms. The van der Waals surface area contributed by atoms with Gasteiger partial charge >= 0.3 is 0 Å². The van der Waals surface area contributed by atoms with Gasteiger partial charge < -0.3 is 9.42 Å². The molecule has 1 aromatic carbocycles. The fourth-order valence-electron chi connectivity index (χ4n) is 3.85. The predicted octanol–water partition coefficient (Wildman–Crippen LogP) is 3.95. The minimum absolute atomic E-state index is 0.184. The lowest BCUT2D eigenvalue weighted by molar-refractivity contribution is -0.137. The van der Waals surface area contributed by atoms with Crippen LogP contribution in [0.5, 0.6) is 0 Å². The van der Waals surface area contributed by atoms with Crippen molar-refractivity contribution in [3.63, 3.8) is 0 Å². The first-order chi connectivity index (χ1) is 11.7. The van der Waals surface area contributed by atoms with Gasteiger partial charge in [-0.05, 0) is 43.5 Å². The Kier molecular flexibility index (Phi) is 4.08. The molecular weight excluding hydrogens is 307 g/mol. The summed E-state index contributed by atoms with van der Waals surface area (Å²) in [5.41, 5.74) is 2.72. The summed E-state index contributed by atoms with van der Waals surface area (Å²) in [5, 5.41) is 4.17. The fraction of sp³-hybridized carbons (Fsp3) is 0.474.